The van der Waals surface area contributed by atoms with E-state index in [2.05, 4.69) is 36.2 Å². The van der Waals surface area contributed by atoms with Crippen LogP contribution in [0.5, 0.6) is 5.75 Å². The summed E-state index contributed by atoms with van der Waals surface area (Å²) in [4.78, 5) is 12.5. The fraction of sp³-hybridized carbons (Fsp3) is 0.263. The van der Waals surface area contributed by atoms with Gasteiger partial charge in [-0.05, 0) is 41.9 Å². The summed E-state index contributed by atoms with van der Waals surface area (Å²) in [6.45, 7) is 2.47. The molecule has 1 aliphatic heterocycles. The van der Waals surface area contributed by atoms with Gasteiger partial charge < -0.3 is 4.74 Å². The first-order valence-electron chi connectivity index (χ1n) is 7.96. The van der Waals surface area contributed by atoms with Gasteiger partial charge in [-0.2, -0.15) is 0 Å². The van der Waals surface area contributed by atoms with E-state index in [1.807, 2.05) is 6.08 Å². The maximum absolute atomic E-state index is 10.6. The van der Waals surface area contributed by atoms with Gasteiger partial charge in [0.2, 0.25) is 0 Å². The van der Waals surface area contributed by atoms with Crippen LogP contribution in [-0.4, -0.2) is 30.0 Å². The van der Waals surface area contributed by atoms with E-state index in [1.54, 1.807) is 12.1 Å². The van der Waals surface area contributed by atoms with Gasteiger partial charge in [-0.1, -0.05) is 24.3 Å². The van der Waals surface area contributed by atoms with E-state index in [-0.39, 0.29) is 10.6 Å². The minimum atomic E-state index is -0.386. The lowest BCUT2D eigenvalue weighted by atomic mass is 10.1. The van der Waals surface area contributed by atoms with Gasteiger partial charge in [0.05, 0.1) is 11.5 Å². The first kappa shape index (κ1) is 16.2. The molecule has 124 valence electrons. The lowest BCUT2D eigenvalue weighted by molar-refractivity contribution is -0.384. The highest BCUT2D eigenvalue weighted by molar-refractivity contribution is 5.51. The second kappa shape index (κ2) is 7.27. The molecule has 0 unspecified atom stereocenters. The van der Waals surface area contributed by atoms with E-state index < -0.39 is 0 Å². The fourth-order valence-corrected chi connectivity index (χ4v) is 2.79. The first-order valence-corrected chi connectivity index (χ1v) is 7.96. The number of rotatable bonds is 6. The second-order valence-electron chi connectivity index (χ2n) is 5.99. The van der Waals surface area contributed by atoms with Crippen molar-refractivity contribution < 1.29 is 9.66 Å². The second-order valence-corrected chi connectivity index (χ2v) is 5.99. The Morgan fingerprint density at radius 3 is 2.79 bits per heavy atom. The van der Waals surface area contributed by atoms with Crippen molar-refractivity contribution in [2.24, 2.45) is 0 Å². The van der Waals surface area contributed by atoms with Crippen molar-refractivity contribution in [3.8, 4) is 5.75 Å². The van der Waals surface area contributed by atoms with Crippen molar-refractivity contribution in [2.45, 2.75) is 13.0 Å². The third kappa shape index (κ3) is 4.00. The third-order valence-corrected chi connectivity index (χ3v) is 4.04. The highest BCUT2D eigenvalue weighted by Crippen LogP contribution is 2.26. The third-order valence-electron chi connectivity index (χ3n) is 4.04. The molecule has 2 aromatic rings. The van der Waals surface area contributed by atoms with Crippen LogP contribution in [0.3, 0.4) is 0 Å². The predicted octanol–water partition coefficient (Wildman–Crippen LogP) is 3.67. The molecular formula is C19H20N2O3. The standard InChI is InChI=1S/C19H20N2O3/c1-20(14-16-6-9-19-17(13-16)10-12-24-19)11-2-3-15-4-7-18(8-5-15)21(22)23/h2-9,13H,10-12,14H2,1H3/b3-2+. The van der Waals surface area contributed by atoms with E-state index in [4.69, 9.17) is 4.74 Å². The maximum Gasteiger partial charge on any atom is 0.269 e. The number of benzene rings is 2. The zero-order valence-corrected chi connectivity index (χ0v) is 13.6. The van der Waals surface area contributed by atoms with Gasteiger partial charge in [-0.25, -0.2) is 0 Å². The molecule has 0 amide bonds. The maximum atomic E-state index is 10.6. The van der Waals surface area contributed by atoms with Gasteiger partial charge in [0.25, 0.3) is 5.69 Å². The summed E-state index contributed by atoms with van der Waals surface area (Å²) in [6, 6.07) is 13.0. The molecule has 0 radical (unpaired) electrons. The molecule has 0 N–H and O–H groups in total. The van der Waals surface area contributed by atoms with Crippen molar-refractivity contribution in [3.05, 3.63) is 75.3 Å². The van der Waals surface area contributed by atoms with Crippen molar-refractivity contribution >= 4 is 11.8 Å². The molecular weight excluding hydrogens is 304 g/mol. The molecule has 3 rings (SSSR count). The molecule has 0 bridgehead atoms. The number of nitrogens with zero attached hydrogens (tertiary/aromatic N) is 2. The molecule has 5 heteroatoms. The number of hydrogen-bond acceptors (Lipinski definition) is 4. The van der Waals surface area contributed by atoms with Gasteiger partial charge in [0, 0.05) is 31.6 Å². The Labute approximate surface area is 141 Å². The van der Waals surface area contributed by atoms with Crippen LogP contribution >= 0.6 is 0 Å². The summed E-state index contributed by atoms with van der Waals surface area (Å²) in [6.07, 6.45) is 5.04. The molecule has 0 aromatic heterocycles. The first-order chi connectivity index (χ1) is 11.6. The Kier molecular flexibility index (Phi) is 4.91. The van der Waals surface area contributed by atoms with Crippen molar-refractivity contribution in [2.75, 3.05) is 20.2 Å². The molecule has 24 heavy (non-hydrogen) atoms. The number of hydrogen-bond donors (Lipinski definition) is 0. The largest absolute Gasteiger partial charge is 0.493 e. The van der Waals surface area contributed by atoms with E-state index in [9.17, 15) is 10.1 Å². The van der Waals surface area contributed by atoms with Crippen LogP contribution in [0.2, 0.25) is 0 Å². The van der Waals surface area contributed by atoms with E-state index in [0.717, 1.165) is 37.4 Å². The van der Waals surface area contributed by atoms with E-state index in [1.165, 1.54) is 23.3 Å². The number of likely N-dealkylation sites (N-methyl/N-ethyl adjacent to an activating group) is 1. The highest BCUT2D eigenvalue weighted by Gasteiger charge is 2.12. The summed E-state index contributed by atoms with van der Waals surface area (Å²) in [5, 5.41) is 10.6. The van der Waals surface area contributed by atoms with Crippen molar-refractivity contribution in [3.63, 3.8) is 0 Å². The monoisotopic (exact) mass is 324 g/mol. The van der Waals surface area contributed by atoms with Crippen LogP contribution in [0.15, 0.2) is 48.5 Å². The summed E-state index contributed by atoms with van der Waals surface area (Å²) in [7, 11) is 2.07. The van der Waals surface area contributed by atoms with Crippen LogP contribution < -0.4 is 4.74 Å². The molecule has 0 atom stereocenters. The highest BCUT2D eigenvalue weighted by atomic mass is 16.6. The number of ether oxygens (including phenoxy) is 1. The Bertz CT molecular complexity index is 754. The smallest absolute Gasteiger partial charge is 0.269 e. The zero-order chi connectivity index (χ0) is 16.9. The quantitative estimate of drug-likeness (QED) is 0.601. The predicted molar refractivity (Wildman–Crippen MR) is 94.1 cm³/mol. The molecule has 2 aromatic carbocycles. The molecule has 0 saturated heterocycles. The topological polar surface area (TPSA) is 55.6 Å². The number of non-ortho nitro benzene ring substituents is 1. The summed E-state index contributed by atoms with van der Waals surface area (Å²) < 4.78 is 5.53. The Balaban J connectivity index is 1.53. The van der Waals surface area contributed by atoms with Crippen LogP contribution in [0.4, 0.5) is 5.69 Å². The summed E-state index contributed by atoms with van der Waals surface area (Å²) in [5.74, 6) is 1.01. The molecule has 0 fully saturated rings. The van der Waals surface area contributed by atoms with Gasteiger partial charge in [-0.15, -0.1) is 0 Å². The van der Waals surface area contributed by atoms with E-state index >= 15 is 0 Å². The van der Waals surface area contributed by atoms with Crippen LogP contribution in [0.25, 0.3) is 6.08 Å². The minimum Gasteiger partial charge on any atom is -0.493 e. The average Bonchev–Trinajstić information content (AvgIpc) is 3.03. The molecule has 0 spiro atoms. The van der Waals surface area contributed by atoms with E-state index in [0.29, 0.717) is 0 Å². The normalized spacial score (nSPS) is 13.2. The Morgan fingerprint density at radius 2 is 2.04 bits per heavy atom. The molecule has 1 heterocycles. The molecule has 0 aliphatic carbocycles. The lowest BCUT2D eigenvalue weighted by Gasteiger charge is -2.15. The Morgan fingerprint density at radius 1 is 1.25 bits per heavy atom. The lowest BCUT2D eigenvalue weighted by Crippen LogP contribution is -2.17. The zero-order valence-electron chi connectivity index (χ0n) is 13.6. The molecule has 1 aliphatic rings. The van der Waals surface area contributed by atoms with Crippen LogP contribution in [0.1, 0.15) is 16.7 Å². The van der Waals surface area contributed by atoms with Gasteiger partial charge in [-0.3, -0.25) is 15.0 Å². The van der Waals surface area contributed by atoms with Gasteiger partial charge in [0.15, 0.2) is 0 Å². The number of nitro benzene ring substituents is 1. The van der Waals surface area contributed by atoms with Crippen LogP contribution in [-0.2, 0) is 13.0 Å². The Hall–Kier alpha value is -2.66. The SMILES string of the molecule is CN(C/C=C/c1ccc([N+](=O)[O-])cc1)Cc1ccc2c(c1)CCO2. The summed E-state index contributed by atoms with van der Waals surface area (Å²) in [5.41, 5.74) is 3.65. The summed E-state index contributed by atoms with van der Waals surface area (Å²) >= 11 is 0. The molecule has 0 saturated carbocycles. The average molecular weight is 324 g/mol. The van der Waals surface area contributed by atoms with Crippen molar-refractivity contribution in [1.82, 2.24) is 4.90 Å². The number of fused-ring (bicyclic) bond motifs is 1. The number of nitro groups is 1. The van der Waals surface area contributed by atoms with Crippen molar-refractivity contribution in [1.29, 1.82) is 0 Å². The minimum absolute atomic E-state index is 0.116. The van der Waals surface area contributed by atoms with Crippen LogP contribution in [0, 0.1) is 10.1 Å². The van der Waals surface area contributed by atoms with Gasteiger partial charge in [0.1, 0.15) is 5.75 Å². The van der Waals surface area contributed by atoms with Gasteiger partial charge >= 0.3 is 0 Å². The molecule has 5 nitrogen and oxygen atoms in total. The fourth-order valence-electron chi connectivity index (χ4n) is 2.79.